The highest BCUT2D eigenvalue weighted by molar-refractivity contribution is 5.95. The van der Waals surface area contributed by atoms with Crippen molar-refractivity contribution < 1.29 is 0 Å². The van der Waals surface area contributed by atoms with Crippen LogP contribution in [0.4, 0.5) is 5.82 Å². The van der Waals surface area contributed by atoms with Gasteiger partial charge in [0.05, 0.1) is 5.69 Å². The van der Waals surface area contributed by atoms with Crippen LogP contribution in [0.5, 0.6) is 0 Å². The van der Waals surface area contributed by atoms with Crippen LogP contribution in [-0.2, 0) is 6.42 Å². The molecule has 0 bridgehead atoms. The van der Waals surface area contributed by atoms with Crippen LogP contribution < -0.4 is 10.2 Å². The van der Waals surface area contributed by atoms with Crippen molar-refractivity contribution in [1.29, 1.82) is 0 Å². The highest BCUT2D eigenvalue weighted by Gasteiger charge is 2.19. The number of fused-ring (bicyclic) bond motifs is 1. The second-order valence-corrected chi connectivity index (χ2v) is 7.77. The van der Waals surface area contributed by atoms with Crippen LogP contribution in [-0.4, -0.2) is 55.7 Å². The molecule has 0 spiro atoms. The number of nitrogens with zero attached hydrogens (tertiary/aromatic N) is 3. The van der Waals surface area contributed by atoms with Gasteiger partial charge in [0.2, 0.25) is 0 Å². The normalized spacial score (nSPS) is 15.2. The average molecular weight is 389 g/mol. The Morgan fingerprint density at radius 1 is 0.931 bits per heavy atom. The summed E-state index contributed by atoms with van der Waals surface area (Å²) in [5.41, 5.74) is 3.62. The van der Waals surface area contributed by atoms with Gasteiger partial charge in [-0.15, -0.1) is 0 Å². The summed E-state index contributed by atoms with van der Waals surface area (Å²) < 4.78 is 0. The first kappa shape index (κ1) is 19.9. The van der Waals surface area contributed by atoms with Crippen LogP contribution in [0.1, 0.15) is 19.4 Å². The van der Waals surface area contributed by atoms with Crippen LogP contribution in [0.15, 0.2) is 54.6 Å². The monoisotopic (exact) mass is 388 g/mol. The fraction of sp³-hybridized carbons (Fsp3) is 0.400. The van der Waals surface area contributed by atoms with Gasteiger partial charge in [0.25, 0.3) is 0 Å². The van der Waals surface area contributed by atoms with E-state index in [2.05, 4.69) is 83.6 Å². The zero-order valence-electron chi connectivity index (χ0n) is 17.7. The van der Waals surface area contributed by atoms with Crippen molar-refractivity contribution in [2.24, 2.45) is 0 Å². The lowest BCUT2D eigenvalue weighted by Gasteiger charge is -2.35. The molecule has 1 aliphatic rings. The number of rotatable bonds is 7. The van der Waals surface area contributed by atoms with E-state index >= 15 is 0 Å². The van der Waals surface area contributed by atoms with Gasteiger partial charge in [-0.2, -0.15) is 0 Å². The van der Waals surface area contributed by atoms with Gasteiger partial charge in [-0.3, -0.25) is 0 Å². The van der Waals surface area contributed by atoms with E-state index < -0.39 is 0 Å². The third-order valence-electron chi connectivity index (χ3n) is 5.93. The maximum absolute atomic E-state index is 5.15. The zero-order valence-corrected chi connectivity index (χ0v) is 17.7. The van der Waals surface area contributed by atoms with Gasteiger partial charge in [0, 0.05) is 37.1 Å². The van der Waals surface area contributed by atoms with Crippen LogP contribution in [0.2, 0.25) is 0 Å². The van der Waals surface area contributed by atoms with Crippen molar-refractivity contribution in [2.45, 2.75) is 20.3 Å². The number of anilines is 1. The van der Waals surface area contributed by atoms with Crippen molar-refractivity contribution in [2.75, 3.05) is 50.7 Å². The lowest BCUT2D eigenvalue weighted by atomic mass is 10.0. The molecule has 2 aromatic carbocycles. The molecule has 0 unspecified atom stereocenters. The average Bonchev–Trinajstić information content (AvgIpc) is 2.79. The summed E-state index contributed by atoms with van der Waals surface area (Å²) >= 11 is 0. The van der Waals surface area contributed by atoms with E-state index in [1.54, 1.807) is 0 Å². The number of pyridine rings is 1. The van der Waals surface area contributed by atoms with E-state index in [-0.39, 0.29) is 0 Å². The van der Waals surface area contributed by atoms with Crippen molar-refractivity contribution in [3.63, 3.8) is 0 Å². The van der Waals surface area contributed by atoms with Crippen molar-refractivity contribution >= 4 is 16.6 Å². The number of hydrogen-bond donors (Lipinski definition) is 1. The Balaban J connectivity index is 1.63. The molecule has 1 aromatic heterocycles. The van der Waals surface area contributed by atoms with E-state index in [9.17, 15) is 0 Å². The number of piperazine rings is 1. The smallest absolute Gasteiger partial charge is 0.137 e. The quantitative estimate of drug-likeness (QED) is 0.615. The SMILES string of the molecule is CCNCCc1ccc(-c2cc3ccccc3c(N3CCN(CC)CC3)n2)cc1. The maximum atomic E-state index is 5.15. The second-order valence-electron chi connectivity index (χ2n) is 7.77. The third-order valence-corrected chi connectivity index (χ3v) is 5.93. The van der Waals surface area contributed by atoms with E-state index in [4.69, 9.17) is 4.98 Å². The van der Waals surface area contributed by atoms with Gasteiger partial charge in [0.15, 0.2) is 0 Å². The highest BCUT2D eigenvalue weighted by Crippen LogP contribution is 2.30. The molecule has 3 aromatic rings. The summed E-state index contributed by atoms with van der Waals surface area (Å²) in [6.07, 6.45) is 1.06. The Bertz CT molecular complexity index is 927. The molecule has 1 saturated heterocycles. The Labute approximate surface area is 174 Å². The van der Waals surface area contributed by atoms with E-state index in [1.165, 1.54) is 21.9 Å². The van der Waals surface area contributed by atoms with Crippen LogP contribution in [0, 0.1) is 0 Å². The summed E-state index contributed by atoms with van der Waals surface area (Å²) in [6, 6.07) is 19.8. The number of hydrogen-bond acceptors (Lipinski definition) is 4. The Kier molecular flexibility index (Phi) is 6.43. The van der Waals surface area contributed by atoms with Crippen molar-refractivity contribution in [3.8, 4) is 11.3 Å². The molecule has 1 aliphatic heterocycles. The van der Waals surface area contributed by atoms with Gasteiger partial charge < -0.3 is 15.1 Å². The zero-order chi connectivity index (χ0) is 20.1. The van der Waals surface area contributed by atoms with Gasteiger partial charge in [-0.25, -0.2) is 4.98 Å². The molecule has 0 atom stereocenters. The first-order valence-corrected chi connectivity index (χ1v) is 11.0. The van der Waals surface area contributed by atoms with Gasteiger partial charge >= 0.3 is 0 Å². The summed E-state index contributed by atoms with van der Waals surface area (Å²) in [6.45, 7) is 11.9. The third kappa shape index (κ3) is 4.60. The number of aromatic nitrogens is 1. The molecule has 4 nitrogen and oxygen atoms in total. The first-order chi connectivity index (χ1) is 14.3. The van der Waals surface area contributed by atoms with Crippen LogP contribution in [0.3, 0.4) is 0 Å². The minimum Gasteiger partial charge on any atom is -0.354 e. The lowest BCUT2D eigenvalue weighted by molar-refractivity contribution is 0.271. The molecule has 152 valence electrons. The van der Waals surface area contributed by atoms with Crippen molar-refractivity contribution in [1.82, 2.24) is 15.2 Å². The maximum Gasteiger partial charge on any atom is 0.137 e. The first-order valence-electron chi connectivity index (χ1n) is 11.0. The molecule has 4 rings (SSSR count). The summed E-state index contributed by atoms with van der Waals surface area (Å²) in [4.78, 5) is 10.1. The van der Waals surface area contributed by atoms with Gasteiger partial charge in [-0.05, 0) is 43.1 Å². The second kappa shape index (κ2) is 9.38. The number of likely N-dealkylation sites (N-methyl/N-ethyl adjacent to an activating group) is 2. The highest BCUT2D eigenvalue weighted by atomic mass is 15.3. The molecule has 0 aliphatic carbocycles. The fourth-order valence-electron chi connectivity index (χ4n) is 4.10. The largest absolute Gasteiger partial charge is 0.354 e. The number of benzene rings is 2. The number of nitrogens with one attached hydrogen (secondary N) is 1. The molecule has 0 amide bonds. The summed E-state index contributed by atoms with van der Waals surface area (Å²) in [5, 5.41) is 5.91. The summed E-state index contributed by atoms with van der Waals surface area (Å²) in [7, 11) is 0. The minimum absolute atomic E-state index is 1.02. The van der Waals surface area contributed by atoms with E-state index in [0.29, 0.717) is 0 Å². The van der Waals surface area contributed by atoms with Crippen LogP contribution >= 0.6 is 0 Å². The predicted molar refractivity (Wildman–Crippen MR) is 124 cm³/mol. The molecule has 1 N–H and O–H groups in total. The topological polar surface area (TPSA) is 31.4 Å². The van der Waals surface area contributed by atoms with Crippen molar-refractivity contribution in [3.05, 3.63) is 60.2 Å². The Morgan fingerprint density at radius 3 is 2.41 bits per heavy atom. The van der Waals surface area contributed by atoms with Gasteiger partial charge in [-0.1, -0.05) is 62.4 Å². The van der Waals surface area contributed by atoms with Gasteiger partial charge in [0.1, 0.15) is 5.82 Å². The fourth-order valence-corrected chi connectivity index (χ4v) is 4.10. The molecule has 1 fully saturated rings. The van der Waals surface area contributed by atoms with Crippen LogP contribution in [0.25, 0.3) is 22.0 Å². The molecule has 0 saturated carbocycles. The van der Waals surface area contributed by atoms with E-state index in [0.717, 1.165) is 63.7 Å². The molecule has 2 heterocycles. The Hall–Kier alpha value is -2.43. The van der Waals surface area contributed by atoms with E-state index in [1.807, 2.05) is 0 Å². The predicted octanol–water partition coefficient (Wildman–Crippen LogP) is 4.20. The standard InChI is InChI=1S/C25H32N4/c1-3-26-14-13-20-9-11-21(12-10-20)24-19-22-7-5-6-8-23(22)25(27-24)29-17-15-28(4-2)16-18-29/h5-12,19,26H,3-4,13-18H2,1-2H3. The molecule has 0 radical (unpaired) electrons. The Morgan fingerprint density at radius 2 is 1.69 bits per heavy atom. The summed E-state index contributed by atoms with van der Waals surface area (Å²) in [5.74, 6) is 1.13. The molecule has 4 heteroatoms. The lowest BCUT2D eigenvalue weighted by Crippen LogP contribution is -2.46. The molecular weight excluding hydrogens is 356 g/mol. The minimum atomic E-state index is 1.02. The molecular formula is C25H32N4. The molecule has 29 heavy (non-hydrogen) atoms.